The number of aromatic nitrogens is 1. The predicted molar refractivity (Wildman–Crippen MR) is 111 cm³/mol. The van der Waals surface area contributed by atoms with Crippen LogP contribution in [-0.2, 0) is 17.9 Å². The van der Waals surface area contributed by atoms with Gasteiger partial charge in [-0.15, -0.1) is 0 Å². The minimum atomic E-state index is -0.0426. The highest BCUT2D eigenvalue weighted by Crippen LogP contribution is 2.28. The van der Waals surface area contributed by atoms with Gasteiger partial charge in [0, 0.05) is 12.7 Å². The lowest BCUT2D eigenvalue weighted by atomic mass is 10.2. The number of hydrogen-bond donors (Lipinski definition) is 1. The van der Waals surface area contributed by atoms with Crippen LogP contribution in [0.2, 0.25) is 0 Å². The zero-order chi connectivity index (χ0) is 19.6. The first-order valence-electron chi connectivity index (χ1n) is 8.89. The van der Waals surface area contributed by atoms with Gasteiger partial charge in [0.15, 0.2) is 11.5 Å². The second-order valence-electron chi connectivity index (χ2n) is 5.99. The summed E-state index contributed by atoms with van der Waals surface area (Å²) < 4.78 is 11.3. The molecule has 0 radical (unpaired) electrons. The normalized spacial score (nSPS) is 10.3. The van der Waals surface area contributed by atoms with Crippen LogP contribution in [-0.4, -0.2) is 23.8 Å². The third-order valence-electron chi connectivity index (χ3n) is 3.94. The average molecular weight is 394 g/mol. The maximum absolute atomic E-state index is 12.1. The van der Waals surface area contributed by atoms with Gasteiger partial charge >= 0.3 is 0 Å². The molecule has 3 aromatic rings. The number of pyridine rings is 1. The van der Waals surface area contributed by atoms with Crippen molar-refractivity contribution in [1.29, 1.82) is 0 Å². The molecular formula is C22H22N2O3S. The lowest BCUT2D eigenvalue weighted by molar-refractivity contribution is -0.118. The highest BCUT2D eigenvalue weighted by atomic mass is 32.2. The summed E-state index contributed by atoms with van der Waals surface area (Å²) in [5.74, 6) is 1.60. The van der Waals surface area contributed by atoms with Gasteiger partial charge in [0.05, 0.1) is 17.9 Å². The number of thioether (sulfide) groups is 1. The molecule has 1 amide bonds. The van der Waals surface area contributed by atoms with Crippen LogP contribution in [0.5, 0.6) is 11.5 Å². The molecule has 0 unspecified atom stereocenters. The van der Waals surface area contributed by atoms with E-state index >= 15 is 0 Å². The van der Waals surface area contributed by atoms with Crippen molar-refractivity contribution in [3.63, 3.8) is 0 Å². The minimum absolute atomic E-state index is 0.0426. The highest BCUT2D eigenvalue weighted by molar-refractivity contribution is 7.99. The Morgan fingerprint density at radius 3 is 2.57 bits per heavy atom. The van der Waals surface area contributed by atoms with Crippen LogP contribution in [0, 0.1) is 0 Å². The summed E-state index contributed by atoms with van der Waals surface area (Å²) in [4.78, 5) is 16.2. The van der Waals surface area contributed by atoms with E-state index in [0.29, 0.717) is 30.4 Å². The van der Waals surface area contributed by atoms with Gasteiger partial charge < -0.3 is 14.8 Å². The SMILES string of the molecule is COc1cc(CNC(=O)CSc2ccccn2)ccc1OCc1ccccc1. The Morgan fingerprint density at radius 1 is 1.00 bits per heavy atom. The zero-order valence-electron chi connectivity index (χ0n) is 15.6. The average Bonchev–Trinajstić information content (AvgIpc) is 2.76. The van der Waals surface area contributed by atoms with Gasteiger partial charge in [0.25, 0.3) is 0 Å². The van der Waals surface area contributed by atoms with E-state index in [4.69, 9.17) is 9.47 Å². The van der Waals surface area contributed by atoms with Gasteiger partial charge in [-0.3, -0.25) is 4.79 Å². The molecule has 0 aliphatic heterocycles. The van der Waals surface area contributed by atoms with Crippen LogP contribution in [0.15, 0.2) is 78.0 Å². The second-order valence-corrected chi connectivity index (χ2v) is 6.99. The number of carbonyl (C=O) groups excluding carboxylic acids is 1. The largest absolute Gasteiger partial charge is 0.493 e. The molecule has 0 spiro atoms. The molecule has 0 fully saturated rings. The van der Waals surface area contributed by atoms with Crippen molar-refractivity contribution in [2.45, 2.75) is 18.2 Å². The molecule has 1 aromatic heterocycles. The molecule has 0 saturated heterocycles. The second kappa shape index (κ2) is 10.4. The van der Waals surface area contributed by atoms with Crippen LogP contribution < -0.4 is 14.8 Å². The standard InChI is InChI=1S/C22H22N2O3S/c1-26-20-13-18(10-11-19(20)27-15-17-7-3-2-4-8-17)14-24-21(25)16-28-22-9-5-6-12-23-22/h2-13H,14-16H2,1H3,(H,24,25). The number of ether oxygens (including phenoxy) is 2. The number of rotatable bonds is 9. The maximum atomic E-state index is 12.1. The number of hydrogen-bond acceptors (Lipinski definition) is 5. The minimum Gasteiger partial charge on any atom is -0.493 e. The van der Waals surface area contributed by atoms with Gasteiger partial charge in [0.1, 0.15) is 6.61 Å². The first kappa shape index (κ1) is 19.8. The van der Waals surface area contributed by atoms with Crippen LogP contribution in [0.25, 0.3) is 0 Å². The number of benzene rings is 2. The van der Waals surface area contributed by atoms with Gasteiger partial charge in [-0.05, 0) is 35.4 Å². The maximum Gasteiger partial charge on any atom is 0.230 e. The van der Waals surface area contributed by atoms with Crippen LogP contribution in [0.1, 0.15) is 11.1 Å². The molecular weight excluding hydrogens is 372 g/mol. The summed E-state index contributed by atoms with van der Waals surface area (Å²) in [5, 5.41) is 3.75. The van der Waals surface area contributed by atoms with E-state index in [9.17, 15) is 4.79 Å². The Morgan fingerprint density at radius 2 is 1.82 bits per heavy atom. The molecule has 144 valence electrons. The van der Waals surface area contributed by atoms with E-state index in [2.05, 4.69) is 10.3 Å². The van der Waals surface area contributed by atoms with Crippen molar-refractivity contribution in [3.8, 4) is 11.5 Å². The monoisotopic (exact) mass is 394 g/mol. The van der Waals surface area contributed by atoms with Gasteiger partial charge in [0.2, 0.25) is 5.91 Å². The fourth-order valence-electron chi connectivity index (χ4n) is 2.50. The summed E-state index contributed by atoms with van der Waals surface area (Å²) in [7, 11) is 1.61. The fraction of sp³-hybridized carbons (Fsp3) is 0.182. The number of nitrogens with one attached hydrogen (secondary N) is 1. The van der Waals surface area contributed by atoms with Crippen molar-refractivity contribution in [2.75, 3.05) is 12.9 Å². The van der Waals surface area contributed by atoms with Crippen molar-refractivity contribution in [1.82, 2.24) is 10.3 Å². The van der Waals surface area contributed by atoms with E-state index < -0.39 is 0 Å². The Labute approximate surface area is 169 Å². The molecule has 0 bridgehead atoms. The molecule has 0 atom stereocenters. The smallest absolute Gasteiger partial charge is 0.230 e. The molecule has 0 aliphatic carbocycles. The summed E-state index contributed by atoms with van der Waals surface area (Å²) in [6.07, 6.45) is 1.72. The molecule has 28 heavy (non-hydrogen) atoms. The van der Waals surface area contributed by atoms with E-state index in [-0.39, 0.29) is 5.91 Å². The molecule has 2 aromatic carbocycles. The van der Waals surface area contributed by atoms with E-state index in [1.54, 1.807) is 13.3 Å². The molecule has 3 rings (SSSR count). The Kier molecular flexibility index (Phi) is 7.32. The van der Waals surface area contributed by atoms with Crippen LogP contribution >= 0.6 is 11.8 Å². The molecule has 0 aliphatic rings. The molecule has 6 heteroatoms. The van der Waals surface area contributed by atoms with Gasteiger partial charge in [-0.2, -0.15) is 0 Å². The summed E-state index contributed by atoms with van der Waals surface area (Å²) in [5.41, 5.74) is 2.03. The zero-order valence-corrected chi connectivity index (χ0v) is 16.4. The van der Waals surface area contributed by atoms with Crippen LogP contribution in [0.3, 0.4) is 0 Å². The third-order valence-corrected chi connectivity index (χ3v) is 4.89. The quantitative estimate of drug-likeness (QED) is 0.554. The molecule has 1 heterocycles. The first-order chi connectivity index (χ1) is 13.7. The summed E-state index contributed by atoms with van der Waals surface area (Å²) >= 11 is 1.41. The highest BCUT2D eigenvalue weighted by Gasteiger charge is 2.08. The number of nitrogens with zero attached hydrogens (tertiary/aromatic N) is 1. The number of amides is 1. The molecule has 0 saturated carbocycles. The van der Waals surface area contributed by atoms with E-state index in [1.165, 1.54) is 11.8 Å². The molecule has 5 nitrogen and oxygen atoms in total. The lowest BCUT2D eigenvalue weighted by Crippen LogP contribution is -2.24. The van der Waals surface area contributed by atoms with E-state index in [0.717, 1.165) is 16.2 Å². The summed E-state index contributed by atoms with van der Waals surface area (Å²) in [6, 6.07) is 21.3. The van der Waals surface area contributed by atoms with E-state index in [1.807, 2.05) is 66.7 Å². The molecule has 1 N–H and O–H groups in total. The topological polar surface area (TPSA) is 60.5 Å². The lowest BCUT2D eigenvalue weighted by Gasteiger charge is -2.13. The first-order valence-corrected chi connectivity index (χ1v) is 9.87. The van der Waals surface area contributed by atoms with Gasteiger partial charge in [-0.25, -0.2) is 4.98 Å². The number of methoxy groups -OCH3 is 1. The van der Waals surface area contributed by atoms with Crippen molar-refractivity contribution < 1.29 is 14.3 Å². The predicted octanol–water partition coefficient (Wildman–Crippen LogP) is 4.08. The summed E-state index contributed by atoms with van der Waals surface area (Å²) in [6.45, 7) is 0.898. The Balaban J connectivity index is 1.50. The van der Waals surface area contributed by atoms with Crippen molar-refractivity contribution in [3.05, 3.63) is 84.1 Å². The fourth-order valence-corrected chi connectivity index (χ4v) is 3.19. The van der Waals surface area contributed by atoms with Crippen LogP contribution in [0.4, 0.5) is 0 Å². The van der Waals surface area contributed by atoms with Gasteiger partial charge in [-0.1, -0.05) is 54.2 Å². The van der Waals surface area contributed by atoms with Crippen molar-refractivity contribution >= 4 is 17.7 Å². The van der Waals surface area contributed by atoms with Crippen molar-refractivity contribution in [2.24, 2.45) is 0 Å². The number of carbonyl (C=O) groups is 1. The Hall–Kier alpha value is -2.99. The Bertz CT molecular complexity index is 889. The third kappa shape index (κ3) is 6.03.